The van der Waals surface area contributed by atoms with Gasteiger partial charge in [-0.1, -0.05) is 91.4 Å². The Morgan fingerprint density at radius 1 is 0.688 bits per heavy atom. The first-order valence-corrected chi connectivity index (χ1v) is 11.1. The van der Waals surface area contributed by atoms with Gasteiger partial charge in [-0.15, -0.1) is 0 Å². The van der Waals surface area contributed by atoms with Crippen molar-refractivity contribution in [2.75, 3.05) is 0 Å². The van der Waals surface area contributed by atoms with Crippen molar-refractivity contribution >= 4 is 0 Å². The highest BCUT2D eigenvalue weighted by atomic mass is 19.1. The molecule has 0 nitrogen and oxygen atoms in total. The van der Waals surface area contributed by atoms with Gasteiger partial charge in [0, 0.05) is 16.7 Å². The van der Waals surface area contributed by atoms with E-state index >= 15 is 0 Å². The van der Waals surface area contributed by atoms with Crippen LogP contribution in [0.5, 0.6) is 0 Å². The van der Waals surface area contributed by atoms with Crippen LogP contribution in [-0.2, 0) is 6.42 Å². The molecule has 158 valence electrons. The molecule has 1 heteroatoms. The fourth-order valence-electron chi connectivity index (χ4n) is 3.81. The summed E-state index contributed by atoms with van der Waals surface area (Å²) in [6.45, 7) is 6.20. The maximum absolute atomic E-state index is 14.8. The van der Waals surface area contributed by atoms with Gasteiger partial charge in [-0.2, -0.15) is 0 Å². The monoisotopic (exact) mass is 418 g/mol. The van der Waals surface area contributed by atoms with Gasteiger partial charge in [-0.25, -0.2) is 4.39 Å². The number of rotatable bonds is 4. The second kappa shape index (κ2) is 9.67. The first-order valence-electron chi connectivity index (χ1n) is 11.1. The fourth-order valence-corrected chi connectivity index (χ4v) is 3.81. The molecule has 0 aliphatic carbocycles. The van der Waals surface area contributed by atoms with Crippen LogP contribution >= 0.6 is 0 Å². The lowest BCUT2D eigenvalue weighted by atomic mass is 9.98. The van der Waals surface area contributed by atoms with Gasteiger partial charge in [0.05, 0.1) is 0 Å². The molecule has 0 N–H and O–H groups in total. The standard InChI is InChI=1S/C31H27F/c1-4-5-24-8-15-26(16-9-24)27-17-10-25(11-18-27)12-19-29-21-31(32)30(20-23(29)3)28-13-6-22(2)7-14-28/h6-11,13-18,20-21H,4-5H2,1-3H3. The topological polar surface area (TPSA) is 0 Å². The molecule has 4 rings (SSSR count). The van der Waals surface area contributed by atoms with E-state index in [1.165, 1.54) is 16.7 Å². The van der Waals surface area contributed by atoms with Crippen LogP contribution in [0.3, 0.4) is 0 Å². The summed E-state index contributed by atoms with van der Waals surface area (Å²) >= 11 is 0. The van der Waals surface area contributed by atoms with Crippen molar-refractivity contribution in [3.63, 3.8) is 0 Å². The van der Waals surface area contributed by atoms with Gasteiger partial charge in [0.25, 0.3) is 0 Å². The van der Waals surface area contributed by atoms with Crippen molar-refractivity contribution in [2.24, 2.45) is 0 Å². The molecule has 0 radical (unpaired) electrons. The maximum atomic E-state index is 14.8. The Labute approximate surface area is 190 Å². The largest absolute Gasteiger partial charge is 0.206 e. The maximum Gasteiger partial charge on any atom is 0.132 e. The molecule has 0 bridgehead atoms. The first-order chi connectivity index (χ1) is 15.5. The summed E-state index contributed by atoms with van der Waals surface area (Å²) < 4.78 is 14.8. The van der Waals surface area contributed by atoms with Gasteiger partial charge in [0.2, 0.25) is 0 Å². The molecule has 0 heterocycles. The molecular weight excluding hydrogens is 391 g/mol. The quantitative estimate of drug-likeness (QED) is 0.293. The first kappa shape index (κ1) is 21.6. The van der Waals surface area contributed by atoms with Gasteiger partial charge in [-0.05, 0) is 72.4 Å². The van der Waals surface area contributed by atoms with Crippen molar-refractivity contribution in [1.82, 2.24) is 0 Å². The number of aryl methyl sites for hydroxylation is 3. The highest BCUT2D eigenvalue weighted by molar-refractivity contribution is 5.68. The Bertz CT molecular complexity index is 1270. The van der Waals surface area contributed by atoms with Crippen LogP contribution in [0.25, 0.3) is 22.3 Å². The molecule has 32 heavy (non-hydrogen) atoms. The zero-order chi connectivity index (χ0) is 22.5. The van der Waals surface area contributed by atoms with Crippen LogP contribution in [-0.4, -0.2) is 0 Å². The summed E-state index contributed by atoms with van der Waals surface area (Å²) in [7, 11) is 0. The highest BCUT2D eigenvalue weighted by Gasteiger charge is 2.08. The molecule has 0 unspecified atom stereocenters. The third-order valence-electron chi connectivity index (χ3n) is 5.73. The fraction of sp³-hybridized carbons (Fsp3) is 0.161. The number of hydrogen-bond donors (Lipinski definition) is 0. The van der Waals surface area contributed by atoms with Crippen LogP contribution in [0.2, 0.25) is 0 Å². The number of benzene rings is 4. The van der Waals surface area contributed by atoms with E-state index in [2.05, 4.69) is 55.2 Å². The van der Waals surface area contributed by atoms with Gasteiger partial charge < -0.3 is 0 Å². The average molecular weight is 419 g/mol. The lowest BCUT2D eigenvalue weighted by molar-refractivity contribution is 0.630. The molecule has 0 saturated carbocycles. The Morgan fingerprint density at radius 2 is 1.28 bits per heavy atom. The molecule has 0 amide bonds. The zero-order valence-corrected chi connectivity index (χ0v) is 18.9. The summed E-state index contributed by atoms with van der Waals surface area (Å²) in [5, 5.41) is 0. The van der Waals surface area contributed by atoms with E-state index in [9.17, 15) is 4.39 Å². The predicted molar refractivity (Wildman–Crippen MR) is 133 cm³/mol. The minimum absolute atomic E-state index is 0.245. The van der Waals surface area contributed by atoms with Gasteiger partial charge in [0.1, 0.15) is 5.82 Å². The Hall–Kier alpha value is -3.63. The summed E-state index contributed by atoms with van der Waals surface area (Å²) in [5.41, 5.74) is 9.00. The second-order valence-corrected chi connectivity index (χ2v) is 8.29. The van der Waals surface area contributed by atoms with E-state index in [0.29, 0.717) is 11.1 Å². The normalized spacial score (nSPS) is 10.5. The van der Waals surface area contributed by atoms with E-state index < -0.39 is 0 Å². The third-order valence-corrected chi connectivity index (χ3v) is 5.73. The number of hydrogen-bond acceptors (Lipinski definition) is 0. The van der Waals surface area contributed by atoms with Crippen LogP contribution in [0.15, 0.2) is 84.9 Å². The van der Waals surface area contributed by atoms with Gasteiger partial charge >= 0.3 is 0 Å². The van der Waals surface area contributed by atoms with Crippen LogP contribution in [0.4, 0.5) is 4.39 Å². The molecule has 0 saturated heterocycles. The SMILES string of the molecule is CCCc1ccc(-c2ccc(C#Cc3cc(F)c(-c4ccc(C)cc4)cc3C)cc2)cc1. The molecule has 0 spiro atoms. The minimum Gasteiger partial charge on any atom is -0.206 e. The van der Waals surface area contributed by atoms with E-state index in [4.69, 9.17) is 0 Å². The van der Waals surface area contributed by atoms with E-state index in [1.807, 2.05) is 56.3 Å². The molecule has 0 atom stereocenters. The van der Waals surface area contributed by atoms with E-state index in [1.54, 1.807) is 6.07 Å². The lowest BCUT2D eigenvalue weighted by Crippen LogP contribution is -1.91. The number of halogens is 1. The second-order valence-electron chi connectivity index (χ2n) is 8.29. The molecule has 0 aliphatic heterocycles. The molecule has 4 aromatic rings. The van der Waals surface area contributed by atoms with Gasteiger partial charge in [-0.3, -0.25) is 0 Å². The Kier molecular flexibility index (Phi) is 6.52. The Balaban J connectivity index is 1.54. The average Bonchev–Trinajstić information content (AvgIpc) is 2.81. The lowest BCUT2D eigenvalue weighted by Gasteiger charge is -2.07. The smallest absolute Gasteiger partial charge is 0.132 e. The summed E-state index contributed by atoms with van der Waals surface area (Å²) in [6.07, 6.45) is 2.27. The van der Waals surface area contributed by atoms with Crippen molar-refractivity contribution in [1.29, 1.82) is 0 Å². The minimum atomic E-state index is -0.245. The van der Waals surface area contributed by atoms with Gasteiger partial charge in [0.15, 0.2) is 0 Å². The van der Waals surface area contributed by atoms with Crippen molar-refractivity contribution in [3.8, 4) is 34.1 Å². The summed E-state index contributed by atoms with van der Waals surface area (Å²) in [4.78, 5) is 0. The highest BCUT2D eigenvalue weighted by Crippen LogP contribution is 2.26. The molecular formula is C31H27F. The van der Waals surface area contributed by atoms with Crippen molar-refractivity contribution in [2.45, 2.75) is 33.6 Å². The molecule has 0 fully saturated rings. The van der Waals surface area contributed by atoms with Crippen molar-refractivity contribution in [3.05, 3.63) is 119 Å². The third kappa shape index (κ3) is 4.98. The molecule has 0 aromatic heterocycles. The molecule has 4 aromatic carbocycles. The zero-order valence-electron chi connectivity index (χ0n) is 18.9. The molecule has 0 aliphatic rings. The van der Waals surface area contributed by atoms with Crippen LogP contribution < -0.4 is 0 Å². The van der Waals surface area contributed by atoms with E-state index in [0.717, 1.165) is 35.1 Å². The van der Waals surface area contributed by atoms with E-state index in [-0.39, 0.29) is 5.82 Å². The predicted octanol–water partition coefficient (Wildman–Crippen LogP) is 8.13. The summed E-state index contributed by atoms with van der Waals surface area (Å²) in [5.74, 6) is 6.09. The summed E-state index contributed by atoms with van der Waals surface area (Å²) in [6, 6.07) is 28.3. The Morgan fingerprint density at radius 3 is 1.91 bits per heavy atom. The van der Waals surface area contributed by atoms with Crippen LogP contribution in [0.1, 0.15) is 41.2 Å². The van der Waals surface area contributed by atoms with Crippen LogP contribution in [0, 0.1) is 31.5 Å². The van der Waals surface area contributed by atoms with Crippen molar-refractivity contribution < 1.29 is 4.39 Å².